The van der Waals surface area contributed by atoms with Crippen LogP contribution in [-0.2, 0) is 0 Å². The Morgan fingerprint density at radius 1 is 1.08 bits per heavy atom. The van der Waals surface area contributed by atoms with Gasteiger partial charge in [-0.3, -0.25) is 4.72 Å². The third kappa shape index (κ3) is 3.69. The van der Waals surface area contributed by atoms with Gasteiger partial charge in [0.2, 0.25) is 0 Å². The number of nitrogens with one attached hydrogen (secondary N) is 1. The molecule has 1 saturated heterocycles. The molecule has 0 radical (unpaired) electrons. The van der Waals surface area contributed by atoms with Crippen LogP contribution in [0, 0.1) is 5.92 Å². The summed E-state index contributed by atoms with van der Waals surface area (Å²) >= 11 is 1.70. The molecule has 1 atom stereocenters. The number of fused-ring (bicyclic) bond motifs is 1. The van der Waals surface area contributed by atoms with E-state index in [1.165, 1.54) is 12.8 Å². The van der Waals surface area contributed by atoms with Crippen molar-refractivity contribution in [2.45, 2.75) is 12.8 Å². The van der Waals surface area contributed by atoms with E-state index in [1.807, 2.05) is 18.2 Å². The summed E-state index contributed by atoms with van der Waals surface area (Å²) in [7, 11) is 0. The Morgan fingerprint density at radius 2 is 1.88 bits per heavy atom. The molecule has 1 aliphatic heterocycles. The van der Waals surface area contributed by atoms with Gasteiger partial charge in [0.05, 0.1) is 5.52 Å². The van der Waals surface area contributed by atoms with Crippen molar-refractivity contribution in [3.8, 4) is 11.4 Å². The summed E-state index contributed by atoms with van der Waals surface area (Å²) in [4.78, 5) is 12.3. The van der Waals surface area contributed by atoms with Crippen molar-refractivity contribution in [1.82, 2.24) is 14.7 Å². The van der Waals surface area contributed by atoms with E-state index in [-0.39, 0.29) is 0 Å². The van der Waals surface area contributed by atoms with E-state index in [1.54, 1.807) is 11.9 Å². The second kappa shape index (κ2) is 8.06. The minimum Gasteiger partial charge on any atom is -0.356 e. The van der Waals surface area contributed by atoms with Crippen molar-refractivity contribution >= 4 is 28.7 Å². The maximum atomic E-state index is 5.00. The summed E-state index contributed by atoms with van der Waals surface area (Å²) in [6.45, 7) is 3.15. The molecule has 26 heavy (non-hydrogen) atoms. The molecule has 3 aromatic rings. The fourth-order valence-electron chi connectivity index (χ4n) is 3.64. The number of nitrogens with zero attached hydrogens (tertiary/aromatic N) is 3. The van der Waals surface area contributed by atoms with E-state index in [9.17, 15) is 0 Å². The maximum Gasteiger partial charge on any atom is 0.162 e. The van der Waals surface area contributed by atoms with Gasteiger partial charge >= 0.3 is 0 Å². The smallest absolute Gasteiger partial charge is 0.162 e. The van der Waals surface area contributed by atoms with Gasteiger partial charge in [-0.2, -0.15) is 0 Å². The summed E-state index contributed by atoms with van der Waals surface area (Å²) in [5.74, 6) is 2.54. The Labute approximate surface area is 159 Å². The number of para-hydroxylation sites is 1. The lowest BCUT2D eigenvalue weighted by Gasteiger charge is -2.34. The number of hydrogen-bond donors (Lipinski definition) is 1. The van der Waals surface area contributed by atoms with E-state index < -0.39 is 0 Å². The summed E-state index contributed by atoms with van der Waals surface area (Å²) in [5, 5.41) is 1.14. The second-order valence-corrected chi connectivity index (χ2v) is 7.46. The number of rotatable bonds is 5. The molecule has 4 nitrogen and oxygen atoms in total. The van der Waals surface area contributed by atoms with E-state index in [0.717, 1.165) is 47.7 Å². The van der Waals surface area contributed by atoms with Gasteiger partial charge in [-0.15, -0.1) is 0 Å². The highest BCUT2D eigenvalue weighted by atomic mass is 32.2. The molecule has 1 fully saturated rings. The van der Waals surface area contributed by atoms with E-state index in [4.69, 9.17) is 9.97 Å². The Hall–Kier alpha value is -2.11. The van der Waals surface area contributed by atoms with Crippen LogP contribution in [0.15, 0.2) is 54.6 Å². The molecule has 2 heterocycles. The predicted molar refractivity (Wildman–Crippen MR) is 111 cm³/mol. The first-order valence-corrected chi connectivity index (χ1v) is 10.4. The van der Waals surface area contributed by atoms with Crippen molar-refractivity contribution in [3.63, 3.8) is 0 Å². The zero-order chi connectivity index (χ0) is 17.8. The standard InChI is InChI=1S/C21H24N4S/c1-26-22-14-16-8-7-13-25(15-16)21-18-11-5-6-12-19(18)23-20(24-21)17-9-3-2-4-10-17/h2-6,9-12,16,22H,7-8,13-15H2,1H3. The molecule has 4 rings (SSSR count). The molecule has 0 amide bonds. The van der Waals surface area contributed by atoms with Gasteiger partial charge in [0.1, 0.15) is 5.82 Å². The molecular weight excluding hydrogens is 340 g/mol. The van der Waals surface area contributed by atoms with E-state index in [2.05, 4.69) is 52.3 Å². The Kier molecular flexibility index (Phi) is 5.37. The summed E-state index contributed by atoms with van der Waals surface area (Å²) < 4.78 is 3.42. The topological polar surface area (TPSA) is 41.0 Å². The van der Waals surface area contributed by atoms with Gasteiger partial charge in [0, 0.05) is 30.6 Å². The van der Waals surface area contributed by atoms with Crippen LogP contribution in [0.2, 0.25) is 0 Å². The van der Waals surface area contributed by atoms with Crippen LogP contribution >= 0.6 is 11.9 Å². The van der Waals surface area contributed by atoms with Crippen LogP contribution in [0.4, 0.5) is 5.82 Å². The highest BCUT2D eigenvalue weighted by Crippen LogP contribution is 2.30. The van der Waals surface area contributed by atoms with Crippen LogP contribution in [0.3, 0.4) is 0 Å². The number of aromatic nitrogens is 2. The van der Waals surface area contributed by atoms with Crippen molar-refractivity contribution in [3.05, 3.63) is 54.6 Å². The van der Waals surface area contributed by atoms with Gasteiger partial charge < -0.3 is 4.90 Å². The van der Waals surface area contributed by atoms with Crippen molar-refractivity contribution in [2.75, 3.05) is 30.8 Å². The maximum absolute atomic E-state index is 5.00. The largest absolute Gasteiger partial charge is 0.356 e. The van der Waals surface area contributed by atoms with Crippen LogP contribution in [0.5, 0.6) is 0 Å². The van der Waals surface area contributed by atoms with E-state index >= 15 is 0 Å². The molecule has 134 valence electrons. The number of piperidine rings is 1. The van der Waals surface area contributed by atoms with Crippen LogP contribution in [0.25, 0.3) is 22.3 Å². The van der Waals surface area contributed by atoms with Crippen molar-refractivity contribution < 1.29 is 0 Å². The minimum atomic E-state index is 0.658. The predicted octanol–water partition coefficient (Wildman–Crippen LogP) is 4.38. The molecule has 1 aliphatic rings. The fourth-order valence-corrected chi connectivity index (χ4v) is 4.04. The highest BCUT2D eigenvalue weighted by molar-refractivity contribution is 7.96. The van der Waals surface area contributed by atoms with Crippen molar-refractivity contribution in [2.24, 2.45) is 5.92 Å². The fraction of sp³-hybridized carbons (Fsp3) is 0.333. The zero-order valence-electron chi connectivity index (χ0n) is 15.1. The Morgan fingerprint density at radius 3 is 2.73 bits per heavy atom. The summed E-state index contributed by atoms with van der Waals surface area (Å²) in [6, 6.07) is 18.6. The molecule has 0 aliphatic carbocycles. The molecular formula is C21H24N4S. The van der Waals surface area contributed by atoms with Gasteiger partial charge in [0.15, 0.2) is 5.82 Å². The molecule has 2 aromatic carbocycles. The van der Waals surface area contributed by atoms with Crippen LogP contribution in [-0.4, -0.2) is 35.9 Å². The van der Waals surface area contributed by atoms with Crippen LogP contribution in [0.1, 0.15) is 12.8 Å². The average Bonchev–Trinajstić information content (AvgIpc) is 2.72. The molecule has 0 saturated carbocycles. The second-order valence-electron chi connectivity index (χ2n) is 6.76. The third-order valence-corrected chi connectivity index (χ3v) is 5.41. The summed E-state index contributed by atoms with van der Waals surface area (Å²) in [5.41, 5.74) is 2.08. The minimum absolute atomic E-state index is 0.658. The lowest BCUT2D eigenvalue weighted by Crippen LogP contribution is -2.39. The molecule has 0 bridgehead atoms. The molecule has 0 spiro atoms. The lowest BCUT2D eigenvalue weighted by atomic mass is 9.98. The van der Waals surface area contributed by atoms with Gasteiger partial charge in [-0.25, -0.2) is 9.97 Å². The first kappa shape index (κ1) is 17.3. The average molecular weight is 365 g/mol. The normalized spacial score (nSPS) is 17.6. The number of benzene rings is 2. The summed E-state index contributed by atoms with van der Waals surface area (Å²) in [6.07, 6.45) is 4.57. The van der Waals surface area contributed by atoms with Gasteiger partial charge in [0.25, 0.3) is 0 Å². The molecule has 1 N–H and O–H groups in total. The number of hydrogen-bond acceptors (Lipinski definition) is 5. The van der Waals surface area contributed by atoms with Crippen LogP contribution < -0.4 is 9.62 Å². The molecule has 1 unspecified atom stereocenters. The highest BCUT2D eigenvalue weighted by Gasteiger charge is 2.23. The van der Waals surface area contributed by atoms with E-state index in [0.29, 0.717) is 5.92 Å². The first-order valence-electron chi connectivity index (χ1n) is 9.18. The number of anilines is 1. The molecule has 1 aromatic heterocycles. The third-order valence-electron chi connectivity index (χ3n) is 4.95. The first-order chi connectivity index (χ1) is 12.8. The Bertz CT molecular complexity index is 868. The van der Waals surface area contributed by atoms with Gasteiger partial charge in [-0.1, -0.05) is 54.4 Å². The van der Waals surface area contributed by atoms with Gasteiger partial charge in [-0.05, 0) is 37.1 Å². The zero-order valence-corrected chi connectivity index (χ0v) is 15.9. The lowest BCUT2D eigenvalue weighted by molar-refractivity contribution is 0.415. The quantitative estimate of drug-likeness (QED) is 0.681. The monoisotopic (exact) mass is 364 g/mol. The molecule has 5 heteroatoms. The Balaban J connectivity index is 1.73. The van der Waals surface area contributed by atoms with Crippen molar-refractivity contribution in [1.29, 1.82) is 0 Å². The SMILES string of the molecule is CSNCC1CCCN(c2nc(-c3ccccc3)nc3ccccc23)C1.